The van der Waals surface area contributed by atoms with Crippen molar-refractivity contribution < 1.29 is 23.4 Å². The molecule has 0 aliphatic carbocycles. The van der Waals surface area contributed by atoms with Crippen LogP contribution in [0.25, 0.3) is 0 Å². The van der Waals surface area contributed by atoms with Crippen molar-refractivity contribution in [2.75, 3.05) is 46.4 Å². The van der Waals surface area contributed by atoms with Crippen LogP contribution in [0.3, 0.4) is 0 Å². The quantitative estimate of drug-likeness (QED) is 0.685. The van der Waals surface area contributed by atoms with Gasteiger partial charge >= 0.3 is 0 Å². The topological polar surface area (TPSA) is 45.2 Å². The third-order valence-electron chi connectivity index (χ3n) is 5.15. The number of likely N-dealkylation sites (tertiary alicyclic amines) is 1. The summed E-state index contributed by atoms with van der Waals surface area (Å²) in [6.45, 7) is 3.46. The van der Waals surface area contributed by atoms with Crippen molar-refractivity contribution in [3.8, 4) is 11.5 Å². The Labute approximate surface area is 165 Å². The highest BCUT2D eigenvalue weighted by atomic mass is 19.3. The number of rotatable bonds is 8. The van der Waals surface area contributed by atoms with E-state index in [1.54, 1.807) is 18.1 Å². The predicted octanol–water partition coefficient (Wildman–Crippen LogP) is 2.93. The smallest absolute Gasteiger partial charge is 0.260 e. The molecule has 0 aromatic heterocycles. The van der Waals surface area contributed by atoms with Gasteiger partial charge in [-0.25, -0.2) is 8.78 Å². The third kappa shape index (κ3) is 6.15. The average Bonchev–Trinajstić information content (AvgIpc) is 2.67. The Kier molecular flexibility index (Phi) is 7.26. The highest BCUT2D eigenvalue weighted by Gasteiger charge is 2.34. The molecule has 0 radical (unpaired) electrons. The largest absolute Gasteiger partial charge is 0.493 e. The van der Waals surface area contributed by atoms with Crippen molar-refractivity contribution in [2.24, 2.45) is 0 Å². The molecule has 0 saturated carbocycles. The maximum absolute atomic E-state index is 13.6. The van der Waals surface area contributed by atoms with Crippen LogP contribution >= 0.6 is 0 Å². The van der Waals surface area contributed by atoms with Crippen molar-refractivity contribution in [2.45, 2.75) is 37.8 Å². The zero-order chi connectivity index (χ0) is 20.0. The molecule has 7 heteroatoms. The summed E-state index contributed by atoms with van der Waals surface area (Å²) in [5.41, 5.74) is 0.905. The van der Waals surface area contributed by atoms with Crippen LogP contribution in [0.4, 0.5) is 8.78 Å². The standard InChI is InChI=1S/C21H30F2N2O3/c1-27-20-12-17(13-25-11-5-8-21(22,23)16-25)6-7-19(20)28-15-18(26)14-24-9-3-2-4-10-24/h2-3,6-7,12,18,26H,4-5,8-11,13-16H2,1H3. The summed E-state index contributed by atoms with van der Waals surface area (Å²) in [6.07, 6.45) is 5.15. The van der Waals surface area contributed by atoms with Gasteiger partial charge in [-0.15, -0.1) is 0 Å². The fourth-order valence-electron chi connectivity index (χ4n) is 3.76. The number of β-amino-alcohol motifs (C(OH)–C–C–N with tert-alkyl or cyclic N) is 1. The van der Waals surface area contributed by atoms with Gasteiger partial charge in [0.1, 0.15) is 12.7 Å². The molecule has 0 spiro atoms. The van der Waals surface area contributed by atoms with Crippen molar-refractivity contribution in [3.05, 3.63) is 35.9 Å². The first kappa shape index (κ1) is 21.0. The number of halogens is 2. The van der Waals surface area contributed by atoms with Gasteiger partial charge < -0.3 is 14.6 Å². The Hall–Kier alpha value is -1.70. The van der Waals surface area contributed by atoms with E-state index in [1.807, 2.05) is 12.1 Å². The van der Waals surface area contributed by atoms with Gasteiger partial charge in [-0.1, -0.05) is 18.2 Å². The fourth-order valence-corrected chi connectivity index (χ4v) is 3.76. The van der Waals surface area contributed by atoms with Crippen molar-refractivity contribution in [3.63, 3.8) is 0 Å². The van der Waals surface area contributed by atoms with E-state index in [2.05, 4.69) is 17.1 Å². The number of ether oxygens (including phenoxy) is 2. The van der Waals surface area contributed by atoms with Gasteiger partial charge in [0, 0.05) is 32.6 Å². The molecule has 1 unspecified atom stereocenters. The number of methoxy groups -OCH3 is 1. The van der Waals surface area contributed by atoms with Gasteiger partial charge in [-0.05, 0) is 37.1 Å². The minimum atomic E-state index is -2.61. The minimum absolute atomic E-state index is 0.0321. The molecule has 0 bridgehead atoms. The van der Waals surface area contributed by atoms with E-state index < -0.39 is 12.0 Å². The van der Waals surface area contributed by atoms with E-state index in [0.29, 0.717) is 37.6 Å². The van der Waals surface area contributed by atoms with Crippen molar-refractivity contribution >= 4 is 0 Å². The second kappa shape index (κ2) is 9.67. The van der Waals surface area contributed by atoms with E-state index >= 15 is 0 Å². The van der Waals surface area contributed by atoms with Crippen LogP contribution in [-0.4, -0.2) is 73.4 Å². The second-order valence-corrected chi connectivity index (χ2v) is 7.64. The SMILES string of the molecule is COc1cc(CN2CCCC(F)(F)C2)ccc1OCC(O)CN1CC=CCC1. The molecule has 2 aliphatic rings. The summed E-state index contributed by atoms with van der Waals surface area (Å²) in [4.78, 5) is 3.96. The number of hydrogen-bond donors (Lipinski definition) is 1. The molecular weight excluding hydrogens is 366 g/mol. The van der Waals surface area contributed by atoms with E-state index in [0.717, 1.165) is 25.1 Å². The molecule has 0 amide bonds. The predicted molar refractivity (Wildman–Crippen MR) is 104 cm³/mol. The van der Waals surface area contributed by atoms with Crippen LogP contribution in [0.5, 0.6) is 11.5 Å². The first-order valence-electron chi connectivity index (χ1n) is 9.90. The molecule has 1 saturated heterocycles. The Balaban J connectivity index is 1.53. The monoisotopic (exact) mass is 396 g/mol. The lowest BCUT2D eigenvalue weighted by molar-refractivity contribution is -0.0661. The highest BCUT2D eigenvalue weighted by Crippen LogP contribution is 2.31. The van der Waals surface area contributed by atoms with E-state index in [-0.39, 0.29) is 19.6 Å². The molecule has 3 rings (SSSR count). The lowest BCUT2D eigenvalue weighted by Gasteiger charge is -2.32. The van der Waals surface area contributed by atoms with Crippen molar-refractivity contribution in [1.82, 2.24) is 9.80 Å². The third-order valence-corrected chi connectivity index (χ3v) is 5.15. The maximum Gasteiger partial charge on any atom is 0.260 e. The van der Waals surface area contributed by atoms with E-state index in [9.17, 15) is 13.9 Å². The van der Waals surface area contributed by atoms with E-state index in [1.165, 1.54) is 0 Å². The Morgan fingerprint density at radius 3 is 2.75 bits per heavy atom. The fraction of sp³-hybridized carbons (Fsp3) is 0.619. The van der Waals surface area contributed by atoms with Crippen LogP contribution in [-0.2, 0) is 6.54 Å². The molecule has 28 heavy (non-hydrogen) atoms. The van der Waals surface area contributed by atoms with Crippen LogP contribution in [0, 0.1) is 0 Å². The van der Waals surface area contributed by atoms with Gasteiger partial charge in [-0.3, -0.25) is 9.80 Å². The summed E-state index contributed by atoms with van der Waals surface area (Å²) in [6, 6.07) is 5.48. The molecule has 1 aromatic carbocycles. The summed E-state index contributed by atoms with van der Waals surface area (Å²) < 4.78 is 38.3. The lowest BCUT2D eigenvalue weighted by atomic mass is 10.1. The molecule has 1 aromatic rings. The second-order valence-electron chi connectivity index (χ2n) is 7.64. The molecule has 1 N–H and O–H groups in total. The van der Waals surface area contributed by atoms with Crippen molar-refractivity contribution in [1.29, 1.82) is 0 Å². The first-order valence-corrected chi connectivity index (χ1v) is 9.90. The first-order chi connectivity index (χ1) is 13.4. The van der Waals surface area contributed by atoms with Crippen LogP contribution in [0.1, 0.15) is 24.8 Å². The molecule has 156 valence electrons. The van der Waals surface area contributed by atoms with Crippen LogP contribution < -0.4 is 9.47 Å². The highest BCUT2D eigenvalue weighted by molar-refractivity contribution is 5.43. The molecule has 2 heterocycles. The lowest BCUT2D eigenvalue weighted by Crippen LogP contribution is -2.42. The number of benzene rings is 1. The average molecular weight is 396 g/mol. The van der Waals surface area contributed by atoms with Crippen LogP contribution in [0.15, 0.2) is 30.4 Å². The van der Waals surface area contributed by atoms with Crippen LogP contribution in [0.2, 0.25) is 0 Å². The zero-order valence-electron chi connectivity index (χ0n) is 16.4. The van der Waals surface area contributed by atoms with E-state index in [4.69, 9.17) is 9.47 Å². The zero-order valence-corrected chi connectivity index (χ0v) is 16.4. The molecule has 1 fully saturated rings. The molecular formula is C21H30F2N2O3. The van der Waals surface area contributed by atoms with Gasteiger partial charge in [0.05, 0.1) is 13.7 Å². The normalized spacial score (nSPS) is 21.4. The maximum atomic E-state index is 13.6. The number of aliphatic hydroxyl groups excluding tert-OH is 1. The summed E-state index contributed by atoms with van der Waals surface area (Å²) in [5, 5.41) is 10.2. The number of alkyl halides is 2. The van der Waals surface area contributed by atoms with Gasteiger partial charge in [0.25, 0.3) is 5.92 Å². The number of hydrogen-bond acceptors (Lipinski definition) is 5. The number of nitrogens with zero attached hydrogens (tertiary/aromatic N) is 2. The Morgan fingerprint density at radius 2 is 2.04 bits per heavy atom. The Bertz CT molecular complexity index is 669. The number of aliphatic hydroxyl groups is 1. The Morgan fingerprint density at radius 1 is 1.18 bits per heavy atom. The van der Waals surface area contributed by atoms with Gasteiger partial charge in [-0.2, -0.15) is 0 Å². The minimum Gasteiger partial charge on any atom is -0.493 e. The summed E-state index contributed by atoms with van der Waals surface area (Å²) in [5.74, 6) is -1.51. The van der Waals surface area contributed by atoms with Gasteiger partial charge in [0.15, 0.2) is 11.5 Å². The number of piperidine rings is 1. The van der Waals surface area contributed by atoms with Gasteiger partial charge in [0.2, 0.25) is 0 Å². The molecule has 2 aliphatic heterocycles. The summed E-state index contributed by atoms with van der Waals surface area (Å²) >= 11 is 0. The summed E-state index contributed by atoms with van der Waals surface area (Å²) in [7, 11) is 1.55. The molecule has 5 nitrogen and oxygen atoms in total. The molecule has 1 atom stereocenters.